The van der Waals surface area contributed by atoms with Crippen LogP contribution in [0.2, 0.25) is 5.02 Å². The molecule has 0 bridgehead atoms. The Kier molecular flexibility index (Phi) is 3.73. The highest BCUT2D eigenvalue weighted by atomic mass is 35.5. The third kappa shape index (κ3) is 2.57. The van der Waals surface area contributed by atoms with Gasteiger partial charge in [-0.05, 0) is 44.0 Å². The van der Waals surface area contributed by atoms with Gasteiger partial charge in [-0.2, -0.15) is 0 Å². The summed E-state index contributed by atoms with van der Waals surface area (Å²) in [6.45, 7) is 5.92. The van der Waals surface area contributed by atoms with Crippen molar-refractivity contribution < 1.29 is 4.79 Å². The maximum absolute atomic E-state index is 12.2. The molecule has 0 aliphatic heterocycles. The second kappa shape index (κ2) is 5.12. The topological polar surface area (TPSA) is 29.1 Å². The van der Waals surface area contributed by atoms with Gasteiger partial charge in [0.25, 0.3) is 5.91 Å². The monoisotopic (exact) mass is 279 g/mol. The van der Waals surface area contributed by atoms with Gasteiger partial charge in [-0.25, -0.2) is 0 Å². The van der Waals surface area contributed by atoms with E-state index in [9.17, 15) is 4.79 Å². The normalized spacial score (nSPS) is 10.4. The number of amides is 1. The summed E-state index contributed by atoms with van der Waals surface area (Å²) in [7, 11) is 0. The Hall–Kier alpha value is -1.32. The van der Waals surface area contributed by atoms with Crippen molar-refractivity contribution in [3.05, 3.63) is 50.2 Å². The number of anilines is 1. The minimum Gasteiger partial charge on any atom is -0.322 e. The molecular weight excluding hydrogens is 266 g/mol. The summed E-state index contributed by atoms with van der Waals surface area (Å²) in [6.07, 6.45) is 0. The van der Waals surface area contributed by atoms with Gasteiger partial charge in [0.15, 0.2) is 0 Å². The maximum Gasteiger partial charge on any atom is 0.256 e. The van der Waals surface area contributed by atoms with E-state index >= 15 is 0 Å². The second-order valence-electron chi connectivity index (χ2n) is 4.24. The first-order valence-corrected chi connectivity index (χ1v) is 6.87. The molecule has 18 heavy (non-hydrogen) atoms. The zero-order valence-electron chi connectivity index (χ0n) is 10.5. The van der Waals surface area contributed by atoms with E-state index < -0.39 is 0 Å². The predicted octanol–water partition coefficient (Wildman–Crippen LogP) is 4.58. The lowest BCUT2D eigenvalue weighted by atomic mass is 10.1. The molecule has 1 aromatic carbocycles. The molecule has 4 heteroatoms. The molecule has 2 nitrogen and oxygen atoms in total. The summed E-state index contributed by atoms with van der Waals surface area (Å²) in [5, 5.41) is 5.41. The van der Waals surface area contributed by atoms with Gasteiger partial charge in [0.1, 0.15) is 0 Å². The van der Waals surface area contributed by atoms with E-state index in [1.54, 1.807) is 17.4 Å². The fourth-order valence-corrected chi connectivity index (χ4v) is 2.69. The van der Waals surface area contributed by atoms with Crippen LogP contribution in [0.25, 0.3) is 0 Å². The molecule has 1 heterocycles. The molecule has 1 amide bonds. The first-order chi connectivity index (χ1) is 8.49. The molecule has 1 aromatic heterocycles. The van der Waals surface area contributed by atoms with Gasteiger partial charge in [-0.1, -0.05) is 17.7 Å². The van der Waals surface area contributed by atoms with E-state index in [1.165, 1.54) is 4.88 Å². The van der Waals surface area contributed by atoms with Gasteiger partial charge in [-0.3, -0.25) is 4.79 Å². The van der Waals surface area contributed by atoms with Crippen LogP contribution in [-0.4, -0.2) is 5.91 Å². The second-order valence-corrected chi connectivity index (χ2v) is 5.76. The predicted molar refractivity (Wildman–Crippen MR) is 77.9 cm³/mol. The molecule has 0 spiro atoms. The Morgan fingerprint density at radius 2 is 2.00 bits per heavy atom. The minimum absolute atomic E-state index is 0.0813. The molecule has 2 rings (SSSR count). The van der Waals surface area contributed by atoms with Crippen molar-refractivity contribution in [2.45, 2.75) is 20.8 Å². The van der Waals surface area contributed by atoms with E-state index in [0.717, 1.165) is 22.4 Å². The lowest BCUT2D eigenvalue weighted by Crippen LogP contribution is -2.13. The van der Waals surface area contributed by atoms with Crippen molar-refractivity contribution in [2.24, 2.45) is 0 Å². The number of nitrogens with one attached hydrogen (secondary N) is 1. The molecule has 0 fully saturated rings. The molecule has 0 unspecified atom stereocenters. The third-order valence-corrected chi connectivity index (χ3v) is 4.23. The summed E-state index contributed by atoms with van der Waals surface area (Å²) in [5.74, 6) is -0.0813. The first-order valence-electron chi connectivity index (χ1n) is 5.61. The molecule has 2 aromatic rings. The van der Waals surface area contributed by atoms with Crippen LogP contribution in [0.3, 0.4) is 0 Å². The fourth-order valence-electron chi connectivity index (χ4n) is 1.66. The van der Waals surface area contributed by atoms with Crippen LogP contribution in [0, 0.1) is 20.8 Å². The van der Waals surface area contributed by atoms with Gasteiger partial charge in [0, 0.05) is 21.0 Å². The van der Waals surface area contributed by atoms with E-state index in [4.69, 9.17) is 11.6 Å². The highest BCUT2D eigenvalue weighted by Crippen LogP contribution is 2.24. The Labute approximate surface area is 116 Å². The Morgan fingerprint density at radius 3 is 2.61 bits per heavy atom. The smallest absolute Gasteiger partial charge is 0.256 e. The van der Waals surface area contributed by atoms with Crippen LogP contribution in [0.4, 0.5) is 5.69 Å². The van der Waals surface area contributed by atoms with Crippen LogP contribution in [0.1, 0.15) is 26.4 Å². The van der Waals surface area contributed by atoms with Gasteiger partial charge in [0.2, 0.25) is 0 Å². The first kappa shape index (κ1) is 13.1. The van der Waals surface area contributed by atoms with E-state index in [-0.39, 0.29) is 5.91 Å². The Morgan fingerprint density at radius 1 is 1.28 bits per heavy atom. The summed E-state index contributed by atoms with van der Waals surface area (Å²) < 4.78 is 0. The lowest BCUT2D eigenvalue weighted by molar-refractivity contribution is 0.102. The van der Waals surface area contributed by atoms with Crippen LogP contribution in [0.15, 0.2) is 23.6 Å². The van der Waals surface area contributed by atoms with Crippen molar-refractivity contribution >= 4 is 34.5 Å². The Bertz CT molecular complexity index is 604. The van der Waals surface area contributed by atoms with E-state index in [2.05, 4.69) is 5.32 Å². The van der Waals surface area contributed by atoms with E-state index in [1.807, 2.05) is 38.3 Å². The average Bonchev–Trinajstić information content (AvgIpc) is 2.65. The van der Waals surface area contributed by atoms with Gasteiger partial charge < -0.3 is 5.32 Å². The molecule has 0 saturated heterocycles. The number of rotatable bonds is 2. The largest absolute Gasteiger partial charge is 0.322 e. The number of aryl methyl sites for hydroxylation is 2. The minimum atomic E-state index is -0.0813. The molecule has 0 aliphatic rings. The number of benzene rings is 1. The molecular formula is C14H14ClNOS. The third-order valence-electron chi connectivity index (χ3n) is 2.98. The maximum atomic E-state index is 12.2. The summed E-state index contributed by atoms with van der Waals surface area (Å²) in [6, 6.07) is 5.47. The highest BCUT2D eigenvalue weighted by Gasteiger charge is 2.13. The summed E-state index contributed by atoms with van der Waals surface area (Å²) >= 11 is 7.52. The number of halogens is 1. The van der Waals surface area contributed by atoms with Crippen LogP contribution in [0.5, 0.6) is 0 Å². The van der Waals surface area contributed by atoms with Crippen molar-refractivity contribution in [1.29, 1.82) is 0 Å². The summed E-state index contributed by atoms with van der Waals surface area (Å²) in [4.78, 5) is 13.3. The number of thiophene rings is 1. The SMILES string of the molecule is Cc1ccc(Cl)cc1NC(=O)c1csc(C)c1C. The molecule has 94 valence electrons. The highest BCUT2D eigenvalue weighted by molar-refractivity contribution is 7.10. The number of hydrogen-bond acceptors (Lipinski definition) is 2. The zero-order chi connectivity index (χ0) is 13.3. The van der Waals surface area contributed by atoms with Crippen molar-refractivity contribution in [2.75, 3.05) is 5.32 Å². The molecule has 0 saturated carbocycles. The number of hydrogen-bond donors (Lipinski definition) is 1. The van der Waals surface area contributed by atoms with Gasteiger partial charge in [0.05, 0.1) is 5.56 Å². The molecule has 1 N–H and O–H groups in total. The lowest BCUT2D eigenvalue weighted by Gasteiger charge is -2.08. The van der Waals surface area contributed by atoms with E-state index in [0.29, 0.717) is 5.02 Å². The fraction of sp³-hybridized carbons (Fsp3) is 0.214. The molecule has 0 radical (unpaired) electrons. The zero-order valence-corrected chi connectivity index (χ0v) is 12.1. The van der Waals surface area contributed by atoms with Crippen molar-refractivity contribution in [1.82, 2.24) is 0 Å². The average molecular weight is 280 g/mol. The van der Waals surface area contributed by atoms with Crippen LogP contribution < -0.4 is 5.32 Å². The standard InChI is InChI=1S/C14H14ClNOS/c1-8-4-5-11(15)6-13(8)16-14(17)12-7-18-10(3)9(12)2/h4-7H,1-3H3,(H,16,17). The molecule has 0 atom stereocenters. The van der Waals surface area contributed by atoms with Crippen LogP contribution >= 0.6 is 22.9 Å². The molecule has 0 aliphatic carbocycles. The summed E-state index contributed by atoms with van der Waals surface area (Å²) in [5.41, 5.74) is 3.53. The van der Waals surface area contributed by atoms with Crippen LogP contribution in [-0.2, 0) is 0 Å². The quantitative estimate of drug-likeness (QED) is 0.857. The number of carbonyl (C=O) groups is 1. The Balaban J connectivity index is 2.27. The number of carbonyl (C=O) groups excluding carboxylic acids is 1. The van der Waals surface area contributed by atoms with Gasteiger partial charge >= 0.3 is 0 Å². The van der Waals surface area contributed by atoms with Gasteiger partial charge in [-0.15, -0.1) is 11.3 Å². The van der Waals surface area contributed by atoms with Crippen molar-refractivity contribution in [3.8, 4) is 0 Å². The van der Waals surface area contributed by atoms with Crippen molar-refractivity contribution in [3.63, 3.8) is 0 Å².